The highest BCUT2D eigenvalue weighted by molar-refractivity contribution is 5.55. The minimum atomic E-state index is -0.655. The molecule has 196 valence electrons. The lowest BCUT2D eigenvalue weighted by Gasteiger charge is -2.09. The Kier molecular flexibility index (Phi) is 16.1. The smallest absolute Gasteiger partial charge is 0.159 e. The first-order chi connectivity index (χ1) is 17.2. The van der Waals surface area contributed by atoms with Gasteiger partial charge in [-0.15, -0.1) is 0 Å². The first kappa shape index (κ1) is 29.3. The molecule has 0 aliphatic carbocycles. The number of aromatic nitrogens is 2. The highest BCUT2D eigenvalue weighted by Gasteiger charge is 2.06. The summed E-state index contributed by atoms with van der Waals surface area (Å²) in [5.74, 6) is 1.60. The van der Waals surface area contributed by atoms with Crippen molar-refractivity contribution < 1.29 is 9.13 Å². The van der Waals surface area contributed by atoms with Crippen LogP contribution in [0.15, 0.2) is 36.7 Å². The molecule has 1 aromatic heterocycles. The number of rotatable bonds is 21. The molecule has 0 amide bonds. The summed E-state index contributed by atoms with van der Waals surface area (Å²) in [5.41, 5.74) is 2.22. The lowest BCUT2D eigenvalue weighted by atomic mass is 10.1. The standard InChI is InChI=1S/C31H49FN2O/c1-3-5-7-9-10-11-12-13-17-27-25-33-31(34-26-27)28-20-22-30(23-21-28)35-24-16-15-19-29(32)18-14-8-6-4-2/h20-23,25-26,29H,3-19,24H2,1-2H3. The quantitative estimate of drug-likeness (QED) is 0.165. The summed E-state index contributed by atoms with van der Waals surface area (Å²) in [5, 5.41) is 0. The Hall–Kier alpha value is -1.97. The molecule has 0 saturated heterocycles. The molecule has 0 radical (unpaired) electrons. The maximum atomic E-state index is 13.9. The third-order valence-electron chi connectivity index (χ3n) is 6.69. The largest absolute Gasteiger partial charge is 0.494 e. The van der Waals surface area contributed by atoms with Crippen molar-refractivity contribution in [2.75, 3.05) is 6.61 Å². The van der Waals surface area contributed by atoms with Crippen LogP contribution < -0.4 is 4.74 Å². The van der Waals surface area contributed by atoms with E-state index in [4.69, 9.17) is 4.74 Å². The lowest BCUT2D eigenvalue weighted by Crippen LogP contribution is -2.03. The van der Waals surface area contributed by atoms with Crippen LogP contribution in [0, 0.1) is 0 Å². The van der Waals surface area contributed by atoms with Gasteiger partial charge in [0.15, 0.2) is 5.82 Å². The highest BCUT2D eigenvalue weighted by Crippen LogP contribution is 2.20. The van der Waals surface area contributed by atoms with Crippen LogP contribution in [-0.2, 0) is 6.42 Å². The summed E-state index contributed by atoms with van der Waals surface area (Å²) < 4.78 is 19.7. The molecular weight excluding hydrogens is 435 g/mol. The number of halogens is 1. The van der Waals surface area contributed by atoms with Gasteiger partial charge in [0, 0.05) is 18.0 Å². The molecule has 0 spiro atoms. The number of benzene rings is 1. The number of aryl methyl sites for hydroxylation is 1. The molecule has 0 fully saturated rings. The van der Waals surface area contributed by atoms with Gasteiger partial charge in [0.25, 0.3) is 0 Å². The van der Waals surface area contributed by atoms with Crippen LogP contribution in [-0.4, -0.2) is 22.7 Å². The van der Waals surface area contributed by atoms with Crippen molar-refractivity contribution in [3.05, 3.63) is 42.2 Å². The molecule has 1 heterocycles. The van der Waals surface area contributed by atoms with E-state index in [1.54, 1.807) is 0 Å². The fourth-order valence-corrected chi connectivity index (χ4v) is 4.39. The van der Waals surface area contributed by atoms with Crippen LogP contribution in [0.2, 0.25) is 0 Å². The van der Waals surface area contributed by atoms with Crippen molar-refractivity contribution in [1.82, 2.24) is 9.97 Å². The van der Waals surface area contributed by atoms with Gasteiger partial charge in [-0.05, 0) is 68.4 Å². The molecule has 0 saturated carbocycles. The third-order valence-corrected chi connectivity index (χ3v) is 6.69. The summed E-state index contributed by atoms with van der Waals surface area (Å²) >= 11 is 0. The second-order valence-electron chi connectivity index (χ2n) is 9.96. The number of hydrogen-bond acceptors (Lipinski definition) is 3. The molecule has 1 atom stereocenters. The Balaban J connectivity index is 1.59. The molecule has 1 unspecified atom stereocenters. The van der Waals surface area contributed by atoms with Crippen LogP contribution >= 0.6 is 0 Å². The van der Waals surface area contributed by atoms with E-state index in [0.29, 0.717) is 19.4 Å². The molecule has 1 aromatic carbocycles. The van der Waals surface area contributed by atoms with Crippen LogP contribution in [0.5, 0.6) is 5.75 Å². The molecule has 0 N–H and O–H groups in total. The van der Waals surface area contributed by atoms with Crippen LogP contribution in [0.4, 0.5) is 4.39 Å². The maximum Gasteiger partial charge on any atom is 0.159 e. The number of alkyl halides is 1. The summed E-state index contributed by atoms with van der Waals surface area (Å²) in [6, 6.07) is 7.96. The molecule has 0 aliphatic heterocycles. The first-order valence-electron chi connectivity index (χ1n) is 14.4. The zero-order valence-corrected chi connectivity index (χ0v) is 22.5. The molecule has 35 heavy (non-hydrogen) atoms. The van der Waals surface area contributed by atoms with Crippen molar-refractivity contribution in [2.24, 2.45) is 0 Å². The van der Waals surface area contributed by atoms with E-state index in [1.165, 1.54) is 69.8 Å². The Labute approximate surface area is 214 Å². The van der Waals surface area contributed by atoms with Crippen LogP contribution in [0.25, 0.3) is 11.4 Å². The van der Waals surface area contributed by atoms with Crippen LogP contribution in [0.1, 0.15) is 122 Å². The number of hydrogen-bond donors (Lipinski definition) is 0. The summed E-state index contributed by atoms with van der Waals surface area (Å²) in [7, 11) is 0. The van der Waals surface area contributed by atoms with Crippen molar-refractivity contribution in [1.29, 1.82) is 0 Å². The minimum absolute atomic E-state index is 0.631. The molecule has 0 aliphatic rings. The second-order valence-corrected chi connectivity index (χ2v) is 9.96. The van der Waals surface area contributed by atoms with E-state index in [1.807, 2.05) is 36.7 Å². The topological polar surface area (TPSA) is 35.0 Å². The Morgan fingerprint density at radius 3 is 1.86 bits per heavy atom. The highest BCUT2D eigenvalue weighted by atomic mass is 19.1. The summed E-state index contributed by atoms with van der Waals surface area (Å²) in [6.45, 7) is 5.08. The predicted octanol–water partition coefficient (Wildman–Crippen LogP) is 9.68. The Morgan fingerprint density at radius 1 is 0.686 bits per heavy atom. The van der Waals surface area contributed by atoms with E-state index >= 15 is 0 Å². The molecule has 2 aromatic rings. The van der Waals surface area contributed by atoms with Gasteiger partial charge in [-0.2, -0.15) is 0 Å². The number of nitrogens with zero attached hydrogens (tertiary/aromatic N) is 2. The van der Waals surface area contributed by atoms with Gasteiger partial charge in [-0.1, -0.05) is 84.5 Å². The van der Waals surface area contributed by atoms with E-state index < -0.39 is 6.17 Å². The van der Waals surface area contributed by atoms with Gasteiger partial charge in [-0.25, -0.2) is 14.4 Å². The monoisotopic (exact) mass is 484 g/mol. The van der Waals surface area contributed by atoms with Crippen molar-refractivity contribution in [2.45, 2.75) is 129 Å². The molecular formula is C31H49FN2O. The fourth-order valence-electron chi connectivity index (χ4n) is 4.39. The Morgan fingerprint density at radius 2 is 1.23 bits per heavy atom. The maximum absolute atomic E-state index is 13.9. The average Bonchev–Trinajstić information content (AvgIpc) is 2.89. The molecule has 3 nitrogen and oxygen atoms in total. The second kappa shape index (κ2) is 19.2. The lowest BCUT2D eigenvalue weighted by molar-refractivity contribution is 0.260. The van der Waals surface area contributed by atoms with Gasteiger partial charge >= 0.3 is 0 Å². The average molecular weight is 485 g/mol. The summed E-state index contributed by atoms with van der Waals surface area (Å²) in [6.07, 6.45) is 22.8. The zero-order valence-electron chi connectivity index (χ0n) is 22.5. The van der Waals surface area contributed by atoms with Gasteiger partial charge in [0.1, 0.15) is 11.9 Å². The summed E-state index contributed by atoms with van der Waals surface area (Å²) in [4.78, 5) is 9.15. The van der Waals surface area contributed by atoms with Gasteiger partial charge in [-0.3, -0.25) is 0 Å². The first-order valence-corrected chi connectivity index (χ1v) is 14.4. The number of ether oxygens (including phenoxy) is 1. The molecule has 0 bridgehead atoms. The van der Waals surface area contributed by atoms with E-state index in [9.17, 15) is 4.39 Å². The molecule has 2 rings (SSSR count). The fraction of sp³-hybridized carbons (Fsp3) is 0.677. The van der Waals surface area contributed by atoms with Crippen molar-refractivity contribution in [3.63, 3.8) is 0 Å². The van der Waals surface area contributed by atoms with Gasteiger partial charge < -0.3 is 4.74 Å². The van der Waals surface area contributed by atoms with E-state index in [0.717, 1.165) is 49.2 Å². The third kappa shape index (κ3) is 13.6. The van der Waals surface area contributed by atoms with E-state index in [2.05, 4.69) is 23.8 Å². The Bertz CT molecular complexity index is 748. The molecule has 4 heteroatoms. The minimum Gasteiger partial charge on any atom is -0.494 e. The SMILES string of the molecule is CCCCCCCCCCc1cnc(-c2ccc(OCCCCC(F)CCCCCC)cc2)nc1. The van der Waals surface area contributed by atoms with Crippen LogP contribution in [0.3, 0.4) is 0 Å². The van der Waals surface area contributed by atoms with Crippen molar-refractivity contribution in [3.8, 4) is 17.1 Å². The predicted molar refractivity (Wildman–Crippen MR) is 147 cm³/mol. The number of unbranched alkanes of at least 4 members (excludes halogenated alkanes) is 11. The zero-order chi connectivity index (χ0) is 25.0. The van der Waals surface area contributed by atoms with E-state index in [-0.39, 0.29) is 0 Å². The van der Waals surface area contributed by atoms with Gasteiger partial charge in [0.2, 0.25) is 0 Å². The van der Waals surface area contributed by atoms with Crippen molar-refractivity contribution >= 4 is 0 Å². The normalized spacial score (nSPS) is 12.1. The van der Waals surface area contributed by atoms with Gasteiger partial charge in [0.05, 0.1) is 6.61 Å².